The van der Waals surface area contributed by atoms with Crippen molar-refractivity contribution in [3.63, 3.8) is 0 Å². The Balaban J connectivity index is 2.43. The van der Waals surface area contributed by atoms with Gasteiger partial charge in [-0.3, -0.25) is 0 Å². The van der Waals surface area contributed by atoms with Crippen molar-refractivity contribution >= 4 is 17.5 Å². The van der Waals surface area contributed by atoms with Gasteiger partial charge in [-0.15, -0.1) is 0 Å². The van der Waals surface area contributed by atoms with Gasteiger partial charge in [-0.25, -0.2) is 0 Å². The smallest absolute Gasteiger partial charge is 0.129 e. The molecule has 0 N–H and O–H groups in total. The molecule has 2 rings (SSSR count). The number of nitrogens with zero attached hydrogens (tertiary/aromatic N) is 2. The van der Waals surface area contributed by atoms with E-state index in [4.69, 9.17) is 9.47 Å². The van der Waals surface area contributed by atoms with Crippen molar-refractivity contribution in [1.29, 1.82) is 0 Å². The first-order valence-corrected chi connectivity index (χ1v) is 5.69. The second-order valence-electron chi connectivity index (χ2n) is 4.04. The van der Waals surface area contributed by atoms with E-state index in [9.17, 15) is 0 Å². The summed E-state index contributed by atoms with van der Waals surface area (Å²) in [6.07, 6.45) is 2.03. The van der Waals surface area contributed by atoms with Gasteiger partial charge in [0.2, 0.25) is 0 Å². The summed E-state index contributed by atoms with van der Waals surface area (Å²) in [7, 11) is 3.28. The van der Waals surface area contributed by atoms with Gasteiger partial charge in [0.05, 0.1) is 25.6 Å². The molecule has 0 radical (unpaired) electrons. The molecule has 4 heteroatoms. The van der Waals surface area contributed by atoms with E-state index >= 15 is 0 Å². The number of allylic oxidation sites excluding steroid dienone is 1. The van der Waals surface area contributed by atoms with Crippen LogP contribution < -0.4 is 9.47 Å². The minimum Gasteiger partial charge on any atom is -0.497 e. The molecule has 1 heterocycles. The summed E-state index contributed by atoms with van der Waals surface area (Å²) in [6, 6.07) is 5.73. The summed E-state index contributed by atoms with van der Waals surface area (Å²) >= 11 is 0. The van der Waals surface area contributed by atoms with Crippen LogP contribution in [0.25, 0.3) is 6.08 Å². The fraction of sp³-hybridized carbons (Fsp3) is 0.286. The predicted molar refractivity (Wildman–Crippen MR) is 73.7 cm³/mol. The molecule has 94 valence electrons. The minimum absolute atomic E-state index is 0.773. The molecular weight excluding hydrogens is 228 g/mol. The number of hydrogen-bond acceptors (Lipinski definition) is 4. The molecule has 1 aliphatic heterocycles. The van der Waals surface area contributed by atoms with Crippen LogP contribution in [0.1, 0.15) is 19.4 Å². The average Bonchev–Trinajstić information content (AvgIpc) is 2.71. The monoisotopic (exact) mass is 244 g/mol. The van der Waals surface area contributed by atoms with Crippen LogP contribution in [0.4, 0.5) is 0 Å². The molecule has 0 spiro atoms. The minimum atomic E-state index is 0.773. The predicted octanol–water partition coefficient (Wildman–Crippen LogP) is 2.94. The molecule has 0 aliphatic carbocycles. The summed E-state index contributed by atoms with van der Waals surface area (Å²) in [5, 5.41) is 8.11. The maximum Gasteiger partial charge on any atom is 0.129 e. The molecule has 0 amide bonds. The summed E-state index contributed by atoms with van der Waals surface area (Å²) in [4.78, 5) is 0. The highest BCUT2D eigenvalue weighted by Crippen LogP contribution is 2.27. The number of hydrogen-bond donors (Lipinski definition) is 0. The molecule has 4 nitrogen and oxygen atoms in total. The molecule has 0 unspecified atom stereocenters. The van der Waals surface area contributed by atoms with Gasteiger partial charge in [0.25, 0.3) is 0 Å². The van der Waals surface area contributed by atoms with Gasteiger partial charge in [-0.1, -0.05) is 0 Å². The first kappa shape index (κ1) is 12.4. The van der Waals surface area contributed by atoms with Crippen LogP contribution in [0, 0.1) is 0 Å². The number of rotatable bonds is 3. The fourth-order valence-corrected chi connectivity index (χ4v) is 1.82. The molecule has 1 aromatic carbocycles. The fourth-order valence-electron chi connectivity index (χ4n) is 1.82. The lowest BCUT2D eigenvalue weighted by Crippen LogP contribution is -2.01. The van der Waals surface area contributed by atoms with Crippen LogP contribution in [0.3, 0.4) is 0 Å². The van der Waals surface area contributed by atoms with Crippen LogP contribution in [0.15, 0.2) is 34.0 Å². The van der Waals surface area contributed by atoms with E-state index in [1.165, 1.54) is 0 Å². The summed E-state index contributed by atoms with van der Waals surface area (Å²) in [5.41, 5.74) is 3.87. The van der Waals surface area contributed by atoms with E-state index < -0.39 is 0 Å². The Labute approximate surface area is 107 Å². The molecule has 0 aromatic heterocycles. The number of methoxy groups -OCH3 is 2. The van der Waals surface area contributed by atoms with Gasteiger partial charge >= 0.3 is 0 Å². The zero-order chi connectivity index (χ0) is 13.1. The van der Waals surface area contributed by atoms with E-state index in [1.54, 1.807) is 14.2 Å². The van der Waals surface area contributed by atoms with Gasteiger partial charge in [0, 0.05) is 17.2 Å². The van der Waals surface area contributed by atoms with E-state index in [0.717, 1.165) is 34.1 Å². The summed E-state index contributed by atoms with van der Waals surface area (Å²) in [5.74, 6) is 1.55. The summed E-state index contributed by atoms with van der Waals surface area (Å²) < 4.78 is 10.5. The molecule has 0 bridgehead atoms. The molecule has 1 aliphatic rings. The van der Waals surface area contributed by atoms with Crippen molar-refractivity contribution in [3.8, 4) is 11.5 Å². The van der Waals surface area contributed by atoms with Crippen LogP contribution in [0.5, 0.6) is 11.5 Å². The lowest BCUT2D eigenvalue weighted by molar-refractivity contribution is 0.394. The highest BCUT2D eigenvalue weighted by Gasteiger charge is 2.13. The van der Waals surface area contributed by atoms with Gasteiger partial charge in [0.15, 0.2) is 0 Å². The SMILES string of the molecule is COc1ccc(C=C2C(C)=NN=C2C)c(OC)c1. The van der Waals surface area contributed by atoms with Gasteiger partial charge in [-0.2, -0.15) is 10.2 Å². The van der Waals surface area contributed by atoms with Crippen molar-refractivity contribution in [1.82, 2.24) is 0 Å². The highest BCUT2D eigenvalue weighted by atomic mass is 16.5. The molecule has 1 aromatic rings. The molecule has 0 saturated heterocycles. The Kier molecular flexibility index (Phi) is 3.46. The third kappa shape index (κ3) is 2.27. The van der Waals surface area contributed by atoms with Crippen molar-refractivity contribution in [2.24, 2.45) is 10.2 Å². The third-order valence-electron chi connectivity index (χ3n) is 2.87. The molecular formula is C14H16N2O2. The lowest BCUT2D eigenvalue weighted by Gasteiger charge is -2.08. The maximum atomic E-state index is 5.36. The zero-order valence-corrected chi connectivity index (χ0v) is 11.0. The number of benzene rings is 1. The lowest BCUT2D eigenvalue weighted by atomic mass is 10.0. The quantitative estimate of drug-likeness (QED) is 0.820. The molecule has 0 fully saturated rings. The van der Waals surface area contributed by atoms with Crippen molar-refractivity contribution < 1.29 is 9.47 Å². The maximum absolute atomic E-state index is 5.36. The Morgan fingerprint density at radius 1 is 1.00 bits per heavy atom. The normalized spacial score (nSPS) is 14.1. The van der Waals surface area contributed by atoms with Gasteiger partial charge in [0.1, 0.15) is 11.5 Å². The van der Waals surface area contributed by atoms with E-state index in [-0.39, 0.29) is 0 Å². The van der Waals surface area contributed by atoms with E-state index in [1.807, 2.05) is 38.1 Å². The van der Waals surface area contributed by atoms with Gasteiger partial charge < -0.3 is 9.47 Å². The Morgan fingerprint density at radius 2 is 1.67 bits per heavy atom. The second-order valence-corrected chi connectivity index (χ2v) is 4.04. The molecule has 18 heavy (non-hydrogen) atoms. The van der Waals surface area contributed by atoms with Crippen LogP contribution in [0.2, 0.25) is 0 Å². The zero-order valence-electron chi connectivity index (χ0n) is 11.0. The van der Waals surface area contributed by atoms with E-state index in [0.29, 0.717) is 0 Å². The first-order chi connectivity index (χ1) is 8.65. The van der Waals surface area contributed by atoms with Crippen molar-refractivity contribution in [3.05, 3.63) is 29.3 Å². The topological polar surface area (TPSA) is 43.2 Å². The standard InChI is InChI=1S/C14H16N2O2/c1-9-13(10(2)16-15-9)7-11-5-6-12(17-3)8-14(11)18-4/h5-8H,1-4H3. The number of ether oxygens (including phenoxy) is 2. The first-order valence-electron chi connectivity index (χ1n) is 5.69. The Morgan fingerprint density at radius 3 is 2.22 bits per heavy atom. The largest absolute Gasteiger partial charge is 0.497 e. The van der Waals surface area contributed by atoms with Crippen LogP contribution in [-0.4, -0.2) is 25.6 Å². The average molecular weight is 244 g/mol. The van der Waals surface area contributed by atoms with Crippen molar-refractivity contribution in [2.75, 3.05) is 14.2 Å². The molecule has 0 atom stereocenters. The second kappa shape index (κ2) is 5.04. The molecule has 0 saturated carbocycles. The summed E-state index contributed by atoms with van der Waals surface area (Å²) in [6.45, 7) is 3.89. The van der Waals surface area contributed by atoms with Crippen LogP contribution in [-0.2, 0) is 0 Å². The van der Waals surface area contributed by atoms with Crippen molar-refractivity contribution in [2.45, 2.75) is 13.8 Å². The van der Waals surface area contributed by atoms with Crippen LogP contribution >= 0.6 is 0 Å². The third-order valence-corrected chi connectivity index (χ3v) is 2.87. The van der Waals surface area contributed by atoms with Gasteiger partial charge in [-0.05, 0) is 32.1 Å². The Bertz CT molecular complexity index is 537. The van der Waals surface area contributed by atoms with E-state index in [2.05, 4.69) is 10.2 Å². The highest BCUT2D eigenvalue weighted by molar-refractivity contribution is 6.28. The Hall–Kier alpha value is -2.10.